The Balaban J connectivity index is 1.57. The zero-order valence-electron chi connectivity index (χ0n) is 18.2. The number of hydrogen-bond acceptors (Lipinski definition) is 4. The first-order chi connectivity index (χ1) is 15.8. The Labute approximate surface area is 206 Å². The largest absolute Gasteiger partial charge is 0.483 e. The van der Waals surface area contributed by atoms with E-state index in [1.807, 2.05) is 31.2 Å². The molecule has 0 bridgehead atoms. The van der Waals surface area contributed by atoms with E-state index in [0.717, 1.165) is 9.13 Å². The van der Waals surface area contributed by atoms with Gasteiger partial charge in [0.2, 0.25) is 5.91 Å². The molecule has 0 spiro atoms. The minimum Gasteiger partial charge on any atom is -0.483 e. The van der Waals surface area contributed by atoms with Crippen LogP contribution in [0.4, 0.5) is 11.4 Å². The normalized spacial score (nSPS) is 11.2. The number of aryl methyl sites for hydroxylation is 1. The maximum Gasteiger partial charge on any atom is 0.262 e. The molecule has 8 heteroatoms. The van der Waals surface area contributed by atoms with Crippen LogP contribution in [-0.4, -0.2) is 30.4 Å². The van der Waals surface area contributed by atoms with Crippen LogP contribution in [0.5, 0.6) is 5.75 Å². The highest BCUT2D eigenvalue weighted by Crippen LogP contribution is 2.19. The number of benzene rings is 3. The average Bonchev–Trinajstić information content (AvgIpc) is 2.80. The number of nitrogens with one attached hydrogen (secondary N) is 3. The zero-order chi connectivity index (χ0) is 23.8. The molecule has 0 radical (unpaired) electrons. The first-order valence-electron chi connectivity index (χ1n) is 10.3. The van der Waals surface area contributed by atoms with Crippen molar-refractivity contribution in [2.75, 3.05) is 17.2 Å². The van der Waals surface area contributed by atoms with E-state index in [2.05, 4.69) is 38.5 Å². The summed E-state index contributed by atoms with van der Waals surface area (Å²) in [4.78, 5) is 37.4. The summed E-state index contributed by atoms with van der Waals surface area (Å²) >= 11 is 2.18. The Bertz CT molecular complexity index is 1130. The number of hydrogen-bond donors (Lipinski definition) is 3. The maximum atomic E-state index is 12.8. The number of halogens is 1. The number of rotatable bonds is 8. The van der Waals surface area contributed by atoms with Crippen molar-refractivity contribution in [1.29, 1.82) is 0 Å². The fourth-order valence-corrected chi connectivity index (χ4v) is 3.24. The fraction of sp³-hybridized carbons (Fsp3) is 0.160. The molecule has 3 rings (SSSR count). The lowest BCUT2D eigenvalue weighted by Gasteiger charge is -2.16. The summed E-state index contributed by atoms with van der Waals surface area (Å²) < 4.78 is 6.65. The van der Waals surface area contributed by atoms with Crippen molar-refractivity contribution < 1.29 is 19.1 Å². The van der Waals surface area contributed by atoms with Gasteiger partial charge in [-0.1, -0.05) is 29.8 Å². The summed E-state index contributed by atoms with van der Waals surface area (Å²) in [7, 11) is 0. The number of para-hydroxylation sites is 1. The highest BCUT2D eigenvalue weighted by molar-refractivity contribution is 14.1. The Kier molecular flexibility index (Phi) is 8.42. The van der Waals surface area contributed by atoms with Crippen LogP contribution < -0.4 is 20.7 Å². The lowest BCUT2D eigenvalue weighted by Crippen LogP contribution is -2.41. The number of carbonyl (C=O) groups is 3. The molecule has 0 saturated heterocycles. The van der Waals surface area contributed by atoms with Crippen LogP contribution in [0.1, 0.15) is 22.8 Å². The minimum atomic E-state index is -0.781. The molecule has 0 aliphatic carbocycles. The second-order valence-electron chi connectivity index (χ2n) is 7.39. The van der Waals surface area contributed by atoms with Crippen molar-refractivity contribution in [1.82, 2.24) is 5.32 Å². The van der Waals surface area contributed by atoms with Gasteiger partial charge in [-0.2, -0.15) is 0 Å². The Morgan fingerprint density at radius 2 is 1.48 bits per heavy atom. The minimum absolute atomic E-state index is 0.231. The molecule has 3 aromatic carbocycles. The van der Waals surface area contributed by atoms with Crippen LogP contribution in [0.15, 0.2) is 72.8 Å². The van der Waals surface area contributed by atoms with Gasteiger partial charge in [-0.25, -0.2) is 0 Å². The molecule has 33 heavy (non-hydrogen) atoms. The fourth-order valence-electron chi connectivity index (χ4n) is 2.88. The second-order valence-corrected chi connectivity index (χ2v) is 8.64. The molecule has 0 aromatic heterocycles. The third-order valence-corrected chi connectivity index (χ3v) is 5.40. The summed E-state index contributed by atoms with van der Waals surface area (Å²) in [5.74, 6) is -0.922. The van der Waals surface area contributed by atoms with Gasteiger partial charge in [0.25, 0.3) is 11.8 Å². The van der Waals surface area contributed by atoms with E-state index >= 15 is 0 Å². The summed E-state index contributed by atoms with van der Waals surface area (Å²) in [6.07, 6.45) is 0. The van der Waals surface area contributed by atoms with Crippen molar-refractivity contribution in [3.63, 3.8) is 0 Å². The third kappa shape index (κ3) is 7.31. The monoisotopic (exact) mass is 557 g/mol. The van der Waals surface area contributed by atoms with Crippen molar-refractivity contribution >= 4 is 51.7 Å². The van der Waals surface area contributed by atoms with Crippen LogP contribution in [0.2, 0.25) is 0 Å². The summed E-state index contributed by atoms with van der Waals surface area (Å²) in [5.41, 5.74) is 2.62. The van der Waals surface area contributed by atoms with Crippen molar-refractivity contribution in [2.45, 2.75) is 19.9 Å². The lowest BCUT2D eigenvalue weighted by molar-refractivity contribution is -0.118. The van der Waals surface area contributed by atoms with Gasteiger partial charge in [-0.05, 0) is 85.0 Å². The van der Waals surface area contributed by atoms with Crippen molar-refractivity contribution in [3.05, 3.63) is 87.5 Å². The van der Waals surface area contributed by atoms with Gasteiger partial charge in [0.1, 0.15) is 11.8 Å². The second kappa shape index (κ2) is 11.5. The van der Waals surface area contributed by atoms with E-state index in [1.165, 1.54) is 0 Å². The quantitative estimate of drug-likeness (QED) is 0.359. The molecule has 170 valence electrons. The Morgan fingerprint density at radius 3 is 2.18 bits per heavy atom. The van der Waals surface area contributed by atoms with Crippen LogP contribution in [-0.2, 0) is 9.59 Å². The standard InChI is InChI=1S/C25H24IN3O4/c1-16-7-11-20(12-8-16)29-24(31)17(2)27-25(32)21-5-3-4-6-22(21)33-15-23(30)28-19-13-9-18(26)10-14-19/h3-14,17H,15H2,1-2H3,(H,27,32)(H,28,30)(H,29,31)/t17-/m1/s1. The van der Waals surface area contributed by atoms with E-state index in [4.69, 9.17) is 4.74 Å². The number of anilines is 2. The molecule has 7 nitrogen and oxygen atoms in total. The van der Waals surface area contributed by atoms with Crippen LogP contribution in [0, 0.1) is 10.5 Å². The van der Waals surface area contributed by atoms with Crippen molar-refractivity contribution in [3.8, 4) is 5.75 Å². The van der Waals surface area contributed by atoms with E-state index in [-0.39, 0.29) is 29.7 Å². The third-order valence-electron chi connectivity index (χ3n) is 4.68. The molecular formula is C25H24IN3O4. The number of ether oxygens (including phenoxy) is 1. The van der Waals surface area contributed by atoms with Gasteiger partial charge in [0.05, 0.1) is 5.56 Å². The zero-order valence-corrected chi connectivity index (χ0v) is 20.4. The molecule has 3 aromatic rings. The van der Waals surface area contributed by atoms with E-state index in [9.17, 15) is 14.4 Å². The summed E-state index contributed by atoms with van der Waals surface area (Å²) in [5, 5.41) is 8.18. The van der Waals surface area contributed by atoms with E-state index < -0.39 is 11.9 Å². The molecule has 3 amide bonds. The first kappa shape index (κ1) is 24.2. The molecule has 0 saturated carbocycles. The molecule has 0 unspecified atom stereocenters. The predicted octanol–water partition coefficient (Wildman–Crippen LogP) is 4.37. The van der Waals surface area contributed by atoms with Gasteiger partial charge < -0.3 is 20.7 Å². The van der Waals surface area contributed by atoms with E-state index in [1.54, 1.807) is 55.5 Å². The summed E-state index contributed by atoms with van der Waals surface area (Å²) in [6, 6.07) is 20.5. The Hall–Kier alpha value is -3.40. The van der Waals surface area contributed by atoms with Gasteiger partial charge in [0.15, 0.2) is 6.61 Å². The maximum absolute atomic E-state index is 12.8. The molecule has 0 heterocycles. The lowest BCUT2D eigenvalue weighted by atomic mass is 10.1. The van der Waals surface area contributed by atoms with Crippen LogP contribution in [0.3, 0.4) is 0 Å². The molecule has 1 atom stereocenters. The molecule has 0 fully saturated rings. The van der Waals surface area contributed by atoms with Crippen molar-refractivity contribution in [2.24, 2.45) is 0 Å². The molecule has 0 aliphatic heterocycles. The number of amides is 3. The van der Waals surface area contributed by atoms with Gasteiger partial charge >= 0.3 is 0 Å². The highest BCUT2D eigenvalue weighted by atomic mass is 127. The molecular weight excluding hydrogens is 533 g/mol. The smallest absolute Gasteiger partial charge is 0.262 e. The van der Waals surface area contributed by atoms with Gasteiger partial charge in [-0.15, -0.1) is 0 Å². The Morgan fingerprint density at radius 1 is 0.879 bits per heavy atom. The topological polar surface area (TPSA) is 96.5 Å². The predicted molar refractivity (Wildman–Crippen MR) is 136 cm³/mol. The van der Waals surface area contributed by atoms with E-state index in [0.29, 0.717) is 11.4 Å². The van der Waals surface area contributed by atoms with Gasteiger partial charge in [-0.3, -0.25) is 14.4 Å². The van der Waals surface area contributed by atoms with Gasteiger partial charge in [0, 0.05) is 14.9 Å². The van der Waals surface area contributed by atoms with Crippen LogP contribution in [0.25, 0.3) is 0 Å². The SMILES string of the molecule is Cc1ccc(NC(=O)[C@@H](C)NC(=O)c2ccccc2OCC(=O)Nc2ccc(I)cc2)cc1. The summed E-state index contributed by atoms with van der Waals surface area (Å²) in [6.45, 7) is 3.29. The molecule has 3 N–H and O–H groups in total. The first-order valence-corrected chi connectivity index (χ1v) is 11.4. The van der Waals surface area contributed by atoms with Crippen LogP contribution >= 0.6 is 22.6 Å². The highest BCUT2D eigenvalue weighted by Gasteiger charge is 2.19. The average molecular weight is 557 g/mol. The number of carbonyl (C=O) groups excluding carboxylic acids is 3. The molecule has 0 aliphatic rings.